The number of nitrogens with two attached hydrogens (primary N) is 2. The molecule has 0 saturated heterocycles. The summed E-state index contributed by atoms with van der Waals surface area (Å²) in [5.74, 6) is 0.0376. The van der Waals surface area contributed by atoms with Gasteiger partial charge < -0.3 is 11.5 Å². The van der Waals surface area contributed by atoms with Crippen LogP contribution in [0, 0.1) is 0 Å². The van der Waals surface area contributed by atoms with E-state index in [9.17, 15) is 9.59 Å². The molecule has 1 aromatic heterocycles. The lowest BCUT2D eigenvalue weighted by molar-refractivity contribution is 0.641. The van der Waals surface area contributed by atoms with Crippen LogP contribution in [0.4, 0.5) is 11.5 Å². The highest BCUT2D eigenvalue weighted by molar-refractivity contribution is 5.56. The summed E-state index contributed by atoms with van der Waals surface area (Å²) in [5, 5.41) is 0. The molecule has 0 aliphatic rings. The summed E-state index contributed by atoms with van der Waals surface area (Å²) < 4.78 is 2.19. The Kier molecular flexibility index (Phi) is 2.14. The molecule has 0 atom stereocenters. The Labute approximate surface area is 74.4 Å². The van der Waals surface area contributed by atoms with Crippen molar-refractivity contribution in [1.82, 2.24) is 9.13 Å². The van der Waals surface area contributed by atoms with Gasteiger partial charge in [0.2, 0.25) is 0 Å². The molecule has 0 bridgehead atoms. The smallest absolute Gasteiger partial charge is 0.332 e. The summed E-state index contributed by atoms with van der Waals surface area (Å²) in [7, 11) is 1.37. The number of rotatable bonds is 1. The van der Waals surface area contributed by atoms with E-state index in [1.54, 1.807) is 6.92 Å². The van der Waals surface area contributed by atoms with Gasteiger partial charge in [-0.2, -0.15) is 0 Å². The molecule has 1 rings (SSSR count). The van der Waals surface area contributed by atoms with Gasteiger partial charge in [0.1, 0.15) is 11.5 Å². The highest BCUT2D eigenvalue weighted by Crippen LogP contribution is 2.04. The number of hydrogen-bond acceptors (Lipinski definition) is 4. The molecular weight excluding hydrogens is 172 g/mol. The highest BCUT2D eigenvalue weighted by Gasteiger charge is 2.10. The highest BCUT2D eigenvalue weighted by atomic mass is 16.2. The fourth-order valence-corrected chi connectivity index (χ4v) is 1.11. The number of nitrogens with zero attached hydrogens (tertiary/aromatic N) is 2. The zero-order valence-electron chi connectivity index (χ0n) is 7.57. The van der Waals surface area contributed by atoms with Gasteiger partial charge in [0.15, 0.2) is 0 Å². The first-order valence-corrected chi connectivity index (χ1v) is 3.85. The molecule has 0 amide bonds. The predicted molar refractivity (Wildman–Crippen MR) is 50.4 cm³/mol. The van der Waals surface area contributed by atoms with Crippen molar-refractivity contribution in [2.45, 2.75) is 13.5 Å². The maximum absolute atomic E-state index is 11.4. The van der Waals surface area contributed by atoms with Crippen LogP contribution >= 0.6 is 0 Å². The fraction of sp³-hybridized carbons (Fsp3) is 0.429. The minimum Gasteiger partial charge on any atom is -0.391 e. The Morgan fingerprint density at radius 2 is 1.85 bits per heavy atom. The van der Waals surface area contributed by atoms with Gasteiger partial charge in [0.05, 0.1) is 0 Å². The molecule has 0 aliphatic carbocycles. The van der Waals surface area contributed by atoms with Gasteiger partial charge in [0.25, 0.3) is 5.56 Å². The fourth-order valence-electron chi connectivity index (χ4n) is 1.11. The first-order chi connectivity index (χ1) is 6.00. The van der Waals surface area contributed by atoms with Crippen LogP contribution in [0.1, 0.15) is 6.92 Å². The third-order valence-corrected chi connectivity index (χ3v) is 1.94. The quantitative estimate of drug-likeness (QED) is 0.568. The molecule has 1 aromatic rings. The monoisotopic (exact) mass is 184 g/mol. The van der Waals surface area contributed by atoms with Crippen LogP contribution in [-0.4, -0.2) is 9.13 Å². The number of hydrogen-bond donors (Lipinski definition) is 2. The third-order valence-electron chi connectivity index (χ3n) is 1.94. The maximum atomic E-state index is 11.4. The number of nitrogen functional groups attached to an aromatic ring is 2. The van der Waals surface area contributed by atoms with Gasteiger partial charge in [-0.3, -0.25) is 13.9 Å². The Morgan fingerprint density at radius 3 is 2.31 bits per heavy atom. The standard InChI is InChI=1S/C7H12N4O2/c1-3-11-5(9)4(8)6(12)10(2)7(11)13/h3,8-9H2,1-2H3. The summed E-state index contributed by atoms with van der Waals surface area (Å²) >= 11 is 0. The van der Waals surface area contributed by atoms with E-state index in [4.69, 9.17) is 11.5 Å². The van der Waals surface area contributed by atoms with Crippen LogP contribution in [0.25, 0.3) is 0 Å². The second kappa shape index (κ2) is 2.96. The third kappa shape index (κ3) is 1.20. The van der Waals surface area contributed by atoms with Crippen LogP contribution in [0.3, 0.4) is 0 Å². The topological polar surface area (TPSA) is 96.0 Å². The van der Waals surface area contributed by atoms with E-state index in [-0.39, 0.29) is 11.5 Å². The van der Waals surface area contributed by atoms with Gasteiger partial charge in [-0.15, -0.1) is 0 Å². The summed E-state index contributed by atoms with van der Waals surface area (Å²) in [6, 6.07) is 0. The molecule has 1 heterocycles. The Bertz CT molecular complexity index is 443. The molecule has 0 unspecified atom stereocenters. The van der Waals surface area contributed by atoms with E-state index in [0.29, 0.717) is 6.54 Å². The molecule has 4 N–H and O–H groups in total. The minimum atomic E-state index is -0.549. The van der Waals surface area contributed by atoms with Gasteiger partial charge in [-0.25, -0.2) is 4.79 Å². The van der Waals surface area contributed by atoms with Crippen molar-refractivity contribution in [1.29, 1.82) is 0 Å². The Balaban J connectivity index is 3.78. The maximum Gasteiger partial charge on any atom is 0.332 e. The number of aromatic nitrogens is 2. The molecule has 72 valence electrons. The van der Waals surface area contributed by atoms with Crippen molar-refractivity contribution in [3.05, 3.63) is 20.8 Å². The summed E-state index contributed by atoms with van der Waals surface area (Å²) in [6.07, 6.45) is 0. The first kappa shape index (κ1) is 9.37. The predicted octanol–water partition coefficient (Wildman–Crippen LogP) is -1.27. The second-order valence-electron chi connectivity index (χ2n) is 2.69. The van der Waals surface area contributed by atoms with E-state index in [2.05, 4.69) is 0 Å². The molecule has 6 nitrogen and oxygen atoms in total. The largest absolute Gasteiger partial charge is 0.391 e. The van der Waals surface area contributed by atoms with Crippen LogP contribution in [0.15, 0.2) is 9.59 Å². The van der Waals surface area contributed by atoms with Gasteiger partial charge in [-0.05, 0) is 6.92 Å². The van der Waals surface area contributed by atoms with Crippen molar-refractivity contribution < 1.29 is 0 Å². The van der Waals surface area contributed by atoms with Crippen molar-refractivity contribution in [3.8, 4) is 0 Å². The molecule has 0 radical (unpaired) electrons. The van der Waals surface area contributed by atoms with E-state index in [1.807, 2.05) is 0 Å². The summed E-state index contributed by atoms with van der Waals surface area (Å²) in [4.78, 5) is 22.6. The molecule has 0 aliphatic heterocycles. The van der Waals surface area contributed by atoms with Crippen molar-refractivity contribution >= 4 is 11.5 Å². The zero-order valence-corrected chi connectivity index (χ0v) is 7.57. The normalized spacial score (nSPS) is 10.3. The molecule has 0 spiro atoms. The zero-order chi connectivity index (χ0) is 10.2. The Morgan fingerprint density at radius 1 is 1.31 bits per heavy atom. The molecule has 0 aromatic carbocycles. The Hall–Kier alpha value is -1.72. The summed E-state index contributed by atoms with van der Waals surface area (Å²) in [6.45, 7) is 2.14. The van der Waals surface area contributed by atoms with E-state index in [0.717, 1.165) is 4.57 Å². The van der Waals surface area contributed by atoms with E-state index in [1.165, 1.54) is 11.6 Å². The summed E-state index contributed by atoms with van der Waals surface area (Å²) in [5.41, 5.74) is 9.82. The average molecular weight is 184 g/mol. The molecule has 13 heavy (non-hydrogen) atoms. The van der Waals surface area contributed by atoms with Crippen LogP contribution in [0.5, 0.6) is 0 Å². The molecule has 6 heteroatoms. The van der Waals surface area contributed by atoms with Crippen molar-refractivity contribution in [3.63, 3.8) is 0 Å². The van der Waals surface area contributed by atoms with Gasteiger partial charge in [-0.1, -0.05) is 0 Å². The average Bonchev–Trinajstić information content (AvgIpc) is 2.13. The lowest BCUT2D eigenvalue weighted by Gasteiger charge is -2.10. The first-order valence-electron chi connectivity index (χ1n) is 3.85. The van der Waals surface area contributed by atoms with Crippen LogP contribution < -0.4 is 22.7 Å². The second-order valence-corrected chi connectivity index (χ2v) is 2.69. The van der Waals surface area contributed by atoms with Crippen molar-refractivity contribution in [2.75, 3.05) is 11.5 Å². The SMILES string of the molecule is CCn1c(N)c(N)c(=O)n(C)c1=O. The lowest BCUT2D eigenvalue weighted by atomic mass is 10.4. The minimum absolute atomic E-state index is 0.0376. The van der Waals surface area contributed by atoms with Gasteiger partial charge in [0, 0.05) is 13.6 Å². The lowest BCUT2D eigenvalue weighted by Crippen LogP contribution is -2.40. The van der Waals surface area contributed by atoms with E-state index < -0.39 is 11.2 Å². The molecule has 0 saturated carbocycles. The van der Waals surface area contributed by atoms with Crippen LogP contribution in [-0.2, 0) is 13.6 Å². The van der Waals surface area contributed by atoms with Gasteiger partial charge >= 0.3 is 5.69 Å². The molecule has 0 fully saturated rings. The van der Waals surface area contributed by atoms with Crippen molar-refractivity contribution in [2.24, 2.45) is 7.05 Å². The van der Waals surface area contributed by atoms with E-state index >= 15 is 0 Å². The van der Waals surface area contributed by atoms with Crippen LogP contribution in [0.2, 0.25) is 0 Å². The molecular formula is C7H12N4O2. The number of anilines is 2.